The van der Waals surface area contributed by atoms with Crippen molar-refractivity contribution in [3.63, 3.8) is 0 Å². The van der Waals surface area contributed by atoms with Crippen molar-refractivity contribution >= 4 is 61.3 Å². The number of fused-ring (bicyclic) bond motifs is 1. The first-order valence-corrected chi connectivity index (χ1v) is 12.3. The van der Waals surface area contributed by atoms with Gasteiger partial charge in [-0.05, 0) is 47.9 Å². The number of thiophene rings is 1. The summed E-state index contributed by atoms with van der Waals surface area (Å²) >= 11 is 6.57. The molecule has 0 aliphatic rings. The van der Waals surface area contributed by atoms with Crippen molar-refractivity contribution < 1.29 is 13.2 Å². The Morgan fingerprint density at radius 1 is 1.15 bits per heavy atom. The number of amides is 2. The van der Waals surface area contributed by atoms with E-state index in [2.05, 4.69) is 15.6 Å². The van der Waals surface area contributed by atoms with Crippen molar-refractivity contribution in [1.29, 1.82) is 5.41 Å². The standard InChI is InChI=1S/C21H17ClN6O4S2/c1-24-19(23)13-2-4-15-12(10-13)8-9-28(20(15)29)17-6-3-14(11-25-17)26-21(30)27-34(31,32)18-7-5-16(22)33-18/h2-11H,1H3,(H2,23,24)(H2,26,27,30). The van der Waals surface area contributed by atoms with E-state index in [0.717, 1.165) is 11.3 Å². The van der Waals surface area contributed by atoms with E-state index < -0.39 is 16.1 Å². The minimum atomic E-state index is -4.06. The van der Waals surface area contributed by atoms with Gasteiger partial charge in [0.05, 0.1) is 16.2 Å². The number of hydrogen-bond acceptors (Lipinski definition) is 7. The highest BCUT2D eigenvalue weighted by molar-refractivity contribution is 7.92. The number of carbonyl (C=O) groups excluding carboxylic acids is 1. The molecule has 0 saturated carbocycles. The SMILES string of the molecule is CNC(=N)c1ccc2c(=O)n(-c3ccc(NC(=O)NS(=O)(=O)c4ccc(Cl)s4)cn3)ccc2c1. The number of benzene rings is 1. The van der Waals surface area contributed by atoms with E-state index >= 15 is 0 Å². The van der Waals surface area contributed by atoms with Crippen LogP contribution in [0.2, 0.25) is 4.34 Å². The zero-order chi connectivity index (χ0) is 24.5. The maximum atomic E-state index is 12.9. The molecule has 0 fully saturated rings. The second-order valence-corrected chi connectivity index (χ2v) is 10.6. The van der Waals surface area contributed by atoms with Crippen molar-refractivity contribution in [3.8, 4) is 5.82 Å². The van der Waals surface area contributed by atoms with Crippen molar-refractivity contribution in [3.05, 3.63) is 81.2 Å². The molecule has 2 amide bonds. The highest BCUT2D eigenvalue weighted by Gasteiger charge is 2.20. The van der Waals surface area contributed by atoms with E-state index in [-0.39, 0.29) is 25.6 Å². The predicted octanol–water partition coefficient (Wildman–Crippen LogP) is 3.16. The number of pyridine rings is 2. The molecule has 4 aromatic rings. The number of anilines is 1. The van der Waals surface area contributed by atoms with Crippen LogP contribution >= 0.6 is 22.9 Å². The molecular formula is C21H17ClN6O4S2. The summed E-state index contributed by atoms with van der Waals surface area (Å²) in [6, 6.07) is 11.6. The van der Waals surface area contributed by atoms with Gasteiger partial charge in [0.2, 0.25) is 0 Å². The van der Waals surface area contributed by atoms with E-state index in [4.69, 9.17) is 17.0 Å². The molecule has 10 nitrogen and oxygen atoms in total. The summed E-state index contributed by atoms with van der Waals surface area (Å²) in [7, 11) is -2.41. The average molecular weight is 517 g/mol. The summed E-state index contributed by atoms with van der Waals surface area (Å²) in [5.41, 5.74) is 0.583. The summed E-state index contributed by atoms with van der Waals surface area (Å²) < 4.78 is 27.9. The Morgan fingerprint density at radius 2 is 1.94 bits per heavy atom. The summed E-state index contributed by atoms with van der Waals surface area (Å²) in [6.45, 7) is 0. The zero-order valence-corrected chi connectivity index (χ0v) is 19.9. The van der Waals surface area contributed by atoms with E-state index in [9.17, 15) is 18.0 Å². The van der Waals surface area contributed by atoms with Crippen LogP contribution < -0.4 is 20.9 Å². The van der Waals surface area contributed by atoms with Gasteiger partial charge in [-0.2, -0.15) is 0 Å². The van der Waals surface area contributed by atoms with Crippen molar-refractivity contribution in [2.45, 2.75) is 4.21 Å². The van der Waals surface area contributed by atoms with Gasteiger partial charge in [0.1, 0.15) is 15.9 Å². The van der Waals surface area contributed by atoms with Crippen LogP contribution in [0.25, 0.3) is 16.6 Å². The van der Waals surface area contributed by atoms with Crippen LogP contribution in [0.1, 0.15) is 5.56 Å². The topological polar surface area (TPSA) is 146 Å². The van der Waals surface area contributed by atoms with E-state index in [1.165, 1.54) is 35.0 Å². The van der Waals surface area contributed by atoms with Crippen molar-refractivity contribution in [1.82, 2.24) is 19.6 Å². The minimum Gasteiger partial charge on any atom is -0.373 e. The predicted molar refractivity (Wildman–Crippen MR) is 132 cm³/mol. The second-order valence-electron chi connectivity index (χ2n) is 6.94. The summed E-state index contributed by atoms with van der Waals surface area (Å²) in [6.07, 6.45) is 2.87. The number of amidine groups is 1. The number of hydrogen-bond donors (Lipinski definition) is 4. The number of nitrogens with zero attached hydrogens (tertiary/aromatic N) is 2. The fourth-order valence-electron chi connectivity index (χ4n) is 3.10. The van der Waals surface area contributed by atoms with E-state index in [1.54, 1.807) is 37.5 Å². The smallest absolute Gasteiger partial charge is 0.333 e. The van der Waals surface area contributed by atoms with Crippen LogP contribution in [0.5, 0.6) is 0 Å². The maximum absolute atomic E-state index is 12.9. The third kappa shape index (κ3) is 4.78. The third-order valence-electron chi connectivity index (χ3n) is 4.74. The molecule has 0 radical (unpaired) electrons. The number of halogens is 1. The highest BCUT2D eigenvalue weighted by Crippen LogP contribution is 2.25. The van der Waals surface area contributed by atoms with E-state index in [0.29, 0.717) is 22.2 Å². The first kappa shape index (κ1) is 23.4. The number of urea groups is 1. The summed E-state index contributed by atoms with van der Waals surface area (Å²) in [4.78, 5) is 29.3. The first-order chi connectivity index (χ1) is 16.2. The lowest BCUT2D eigenvalue weighted by Crippen LogP contribution is -2.34. The molecule has 174 valence electrons. The Morgan fingerprint density at radius 3 is 2.59 bits per heavy atom. The molecule has 0 unspecified atom stereocenters. The summed E-state index contributed by atoms with van der Waals surface area (Å²) in [5.74, 6) is 0.553. The fraction of sp³-hybridized carbons (Fsp3) is 0.0476. The molecular weight excluding hydrogens is 500 g/mol. The molecule has 0 spiro atoms. The molecule has 3 aromatic heterocycles. The molecule has 4 N–H and O–H groups in total. The Hall–Kier alpha value is -3.74. The largest absolute Gasteiger partial charge is 0.373 e. The second kappa shape index (κ2) is 9.25. The molecule has 0 saturated heterocycles. The molecule has 34 heavy (non-hydrogen) atoms. The summed E-state index contributed by atoms with van der Waals surface area (Å²) in [5, 5.41) is 14.1. The van der Waals surface area contributed by atoms with Crippen molar-refractivity contribution in [2.24, 2.45) is 0 Å². The number of sulfonamides is 1. The lowest BCUT2D eigenvalue weighted by Gasteiger charge is -2.10. The number of rotatable bonds is 5. The van der Waals surface area contributed by atoms with Crippen LogP contribution in [-0.2, 0) is 10.0 Å². The van der Waals surface area contributed by atoms with E-state index in [1.807, 2.05) is 4.72 Å². The Kier molecular flexibility index (Phi) is 6.37. The first-order valence-electron chi connectivity index (χ1n) is 9.65. The van der Waals surface area contributed by atoms with Gasteiger partial charge in [-0.15, -0.1) is 11.3 Å². The lowest BCUT2D eigenvalue weighted by molar-refractivity contribution is 0.256. The molecule has 13 heteroatoms. The van der Waals surface area contributed by atoms with Crippen LogP contribution in [0.15, 0.2) is 69.9 Å². The van der Waals surface area contributed by atoms with Crippen LogP contribution in [0, 0.1) is 5.41 Å². The van der Waals surface area contributed by atoms with Crippen molar-refractivity contribution in [2.75, 3.05) is 12.4 Å². The van der Waals surface area contributed by atoms with Crippen LogP contribution in [0.4, 0.5) is 10.5 Å². The molecule has 1 aromatic carbocycles. The highest BCUT2D eigenvalue weighted by atomic mass is 35.5. The van der Waals surface area contributed by atoms with Gasteiger partial charge >= 0.3 is 6.03 Å². The molecule has 4 rings (SSSR count). The minimum absolute atomic E-state index is 0.0910. The Labute approximate surface area is 202 Å². The molecule has 0 aliphatic heterocycles. The van der Waals surface area contributed by atoms with Crippen LogP contribution in [-0.4, -0.2) is 36.9 Å². The average Bonchev–Trinajstić information content (AvgIpc) is 3.26. The van der Waals surface area contributed by atoms with Gasteiger partial charge in [0.25, 0.3) is 15.6 Å². The molecule has 0 atom stereocenters. The molecule has 0 aliphatic carbocycles. The quantitative estimate of drug-likeness (QED) is 0.237. The molecule has 0 bridgehead atoms. The third-order valence-corrected chi connectivity index (χ3v) is 7.79. The monoisotopic (exact) mass is 516 g/mol. The van der Waals surface area contributed by atoms with Gasteiger partial charge in [0, 0.05) is 24.2 Å². The fourth-order valence-corrected chi connectivity index (χ4v) is 5.49. The molecule has 3 heterocycles. The number of carbonyl (C=O) groups is 1. The zero-order valence-electron chi connectivity index (χ0n) is 17.5. The maximum Gasteiger partial charge on any atom is 0.333 e. The lowest BCUT2D eigenvalue weighted by atomic mass is 10.1. The van der Waals surface area contributed by atoms with Gasteiger partial charge in [-0.1, -0.05) is 17.7 Å². The van der Waals surface area contributed by atoms with Gasteiger partial charge in [-0.25, -0.2) is 22.9 Å². The number of nitrogens with one attached hydrogen (secondary N) is 4. The normalized spacial score (nSPS) is 11.2. The Balaban J connectivity index is 1.52. The Bertz CT molecular complexity index is 1580. The van der Waals surface area contributed by atoms with Gasteiger partial charge in [-0.3, -0.25) is 14.8 Å². The van der Waals surface area contributed by atoms with Crippen LogP contribution in [0.3, 0.4) is 0 Å². The van der Waals surface area contributed by atoms with Gasteiger partial charge in [0.15, 0.2) is 0 Å². The van der Waals surface area contributed by atoms with Gasteiger partial charge < -0.3 is 10.6 Å². The number of aromatic nitrogens is 2.